The van der Waals surface area contributed by atoms with E-state index in [1.807, 2.05) is 14.0 Å². The van der Waals surface area contributed by atoms with Crippen LogP contribution in [0, 0.1) is 5.41 Å². The number of hydrogen-bond acceptors (Lipinski definition) is 5. The third-order valence-electron chi connectivity index (χ3n) is 3.46. The molecule has 0 spiro atoms. The van der Waals surface area contributed by atoms with E-state index in [1.165, 1.54) is 0 Å². The number of aromatic nitrogens is 2. The fraction of sp³-hybridized carbons (Fsp3) is 0.867. The summed E-state index contributed by atoms with van der Waals surface area (Å²) < 4.78 is 11.1. The molecule has 116 valence electrons. The summed E-state index contributed by atoms with van der Waals surface area (Å²) in [7, 11) is 1.97. The number of nitrogens with one attached hydrogen (secondary N) is 1. The van der Waals surface area contributed by atoms with Gasteiger partial charge in [0.05, 0.1) is 0 Å². The molecule has 0 aliphatic rings. The van der Waals surface area contributed by atoms with Crippen LogP contribution in [0.1, 0.15) is 65.3 Å². The number of ether oxygens (including phenoxy) is 1. The highest BCUT2D eigenvalue weighted by Crippen LogP contribution is 2.24. The van der Waals surface area contributed by atoms with Gasteiger partial charge in [-0.3, -0.25) is 0 Å². The van der Waals surface area contributed by atoms with Gasteiger partial charge in [0.1, 0.15) is 6.10 Å². The van der Waals surface area contributed by atoms with Crippen LogP contribution in [0.25, 0.3) is 0 Å². The minimum atomic E-state index is -0.0508. The summed E-state index contributed by atoms with van der Waals surface area (Å²) in [5.41, 5.74) is 0.145. The van der Waals surface area contributed by atoms with E-state index in [4.69, 9.17) is 9.26 Å². The normalized spacial score (nSPS) is 15.3. The zero-order valence-corrected chi connectivity index (χ0v) is 13.7. The second kappa shape index (κ2) is 7.74. The molecule has 0 aliphatic heterocycles. The molecule has 0 saturated heterocycles. The number of likely N-dealkylation sites (N-methyl/N-ethyl adjacent to an activating group) is 1. The second-order valence-corrected chi connectivity index (χ2v) is 6.19. The molecular formula is C15H29N3O2. The van der Waals surface area contributed by atoms with Crippen LogP contribution in [0.4, 0.5) is 0 Å². The Hall–Kier alpha value is -0.940. The average Bonchev–Trinajstić information content (AvgIpc) is 2.82. The third-order valence-corrected chi connectivity index (χ3v) is 3.46. The molecular weight excluding hydrogens is 254 g/mol. The molecule has 0 bridgehead atoms. The second-order valence-electron chi connectivity index (χ2n) is 6.19. The maximum atomic E-state index is 5.68. The lowest BCUT2D eigenvalue weighted by molar-refractivity contribution is 0.0477. The van der Waals surface area contributed by atoms with Crippen molar-refractivity contribution in [3.05, 3.63) is 11.7 Å². The summed E-state index contributed by atoms with van der Waals surface area (Å²) in [4.78, 5) is 4.51. The number of rotatable bonds is 8. The van der Waals surface area contributed by atoms with Gasteiger partial charge in [0.25, 0.3) is 0 Å². The molecule has 2 unspecified atom stereocenters. The van der Waals surface area contributed by atoms with Crippen molar-refractivity contribution in [3.8, 4) is 0 Å². The summed E-state index contributed by atoms with van der Waals surface area (Å²) in [6.07, 6.45) is 2.64. The van der Waals surface area contributed by atoms with Crippen molar-refractivity contribution >= 4 is 0 Å². The van der Waals surface area contributed by atoms with Gasteiger partial charge in [0.2, 0.25) is 11.7 Å². The van der Waals surface area contributed by atoms with Gasteiger partial charge < -0.3 is 14.6 Å². The fourth-order valence-corrected chi connectivity index (χ4v) is 2.25. The predicted octanol–water partition coefficient (Wildman–Crippen LogP) is 3.12. The van der Waals surface area contributed by atoms with Gasteiger partial charge in [-0.25, -0.2) is 0 Å². The predicted molar refractivity (Wildman–Crippen MR) is 79.6 cm³/mol. The van der Waals surface area contributed by atoms with Crippen molar-refractivity contribution < 1.29 is 9.26 Å². The van der Waals surface area contributed by atoms with E-state index in [9.17, 15) is 0 Å². The minimum Gasteiger partial charge on any atom is -0.370 e. The van der Waals surface area contributed by atoms with Crippen molar-refractivity contribution in [2.24, 2.45) is 5.41 Å². The molecule has 5 nitrogen and oxygen atoms in total. The molecule has 5 heteroatoms. The summed E-state index contributed by atoms with van der Waals surface area (Å²) >= 11 is 0. The fourth-order valence-electron chi connectivity index (χ4n) is 2.25. The zero-order chi connectivity index (χ0) is 15.2. The van der Waals surface area contributed by atoms with Crippen molar-refractivity contribution in [2.75, 3.05) is 13.7 Å². The molecule has 1 rings (SSSR count). The monoisotopic (exact) mass is 283 g/mol. The maximum Gasteiger partial charge on any atom is 0.228 e. The van der Waals surface area contributed by atoms with Gasteiger partial charge in [0, 0.05) is 19.1 Å². The zero-order valence-electron chi connectivity index (χ0n) is 13.7. The van der Waals surface area contributed by atoms with Crippen LogP contribution in [0.3, 0.4) is 0 Å². The summed E-state index contributed by atoms with van der Waals surface area (Å²) in [6, 6.07) is 0.299. The van der Waals surface area contributed by atoms with Gasteiger partial charge in [-0.2, -0.15) is 4.98 Å². The Morgan fingerprint density at radius 3 is 2.50 bits per heavy atom. The molecule has 1 aromatic heterocycles. The highest BCUT2D eigenvalue weighted by Gasteiger charge is 2.26. The molecule has 2 atom stereocenters. The number of hydrogen-bond donors (Lipinski definition) is 1. The first kappa shape index (κ1) is 17.1. The van der Waals surface area contributed by atoms with Crippen LogP contribution in [0.2, 0.25) is 0 Å². The van der Waals surface area contributed by atoms with Crippen molar-refractivity contribution in [3.63, 3.8) is 0 Å². The van der Waals surface area contributed by atoms with Gasteiger partial charge in [-0.05, 0) is 25.8 Å². The highest BCUT2D eigenvalue weighted by atomic mass is 16.5. The first-order valence-electron chi connectivity index (χ1n) is 7.53. The Morgan fingerprint density at radius 1 is 1.30 bits per heavy atom. The summed E-state index contributed by atoms with van der Waals surface area (Å²) in [5, 5.41) is 7.40. The molecule has 0 aliphatic carbocycles. The lowest BCUT2D eigenvalue weighted by atomic mass is 9.85. The van der Waals surface area contributed by atoms with Crippen LogP contribution in [-0.4, -0.2) is 29.8 Å². The van der Waals surface area contributed by atoms with Crippen LogP contribution in [0.5, 0.6) is 0 Å². The van der Waals surface area contributed by atoms with E-state index >= 15 is 0 Å². The van der Waals surface area contributed by atoms with E-state index in [2.05, 4.69) is 43.2 Å². The Kier molecular flexibility index (Phi) is 6.62. The van der Waals surface area contributed by atoms with Crippen molar-refractivity contribution in [1.82, 2.24) is 15.5 Å². The first-order chi connectivity index (χ1) is 9.42. The first-order valence-corrected chi connectivity index (χ1v) is 7.53. The van der Waals surface area contributed by atoms with E-state index in [0.29, 0.717) is 24.4 Å². The topological polar surface area (TPSA) is 60.2 Å². The lowest BCUT2D eigenvalue weighted by Crippen LogP contribution is -2.39. The van der Waals surface area contributed by atoms with E-state index in [0.717, 1.165) is 19.3 Å². The molecule has 1 aromatic rings. The molecule has 0 radical (unpaired) electrons. The van der Waals surface area contributed by atoms with Gasteiger partial charge in [0.15, 0.2) is 0 Å². The maximum absolute atomic E-state index is 5.68. The molecule has 1 N–H and O–H groups in total. The largest absolute Gasteiger partial charge is 0.370 e. The lowest BCUT2D eigenvalue weighted by Gasteiger charge is -2.29. The Morgan fingerprint density at radius 2 is 2.00 bits per heavy atom. The molecule has 0 aromatic carbocycles. The molecule has 0 amide bonds. The number of nitrogens with zero attached hydrogens (tertiary/aromatic N) is 2. The minimum absolute atomic E-state index is 0.0508. The smallest absolute Gasteiger partial charge is 0.228 e. The van der Waals surface area contributed by atoms with E-state index in [1.54, 1.807) is 0 Å². The van der Waals surface area contributed by atoms with Crippen LogP contribution >= 0.6 is 0 Å². The van der Waals surface area contributed by atoms with Crippen LogP contribution in [-0.2, 0) is 11.2 Å². The molecule has 0 fully saturated rings. The standard InChI is InChI=1S/C15H29N3O2/c1-7-9-11(19-8-2)14-17-13(20-18-14)10-12(16-6)15(3,4)5/h11-12,16H,7-10H2,1-6H3. The Labute approximate surface area is 122 Å². The Bertz CT molecular complexity index is 379. The average molecular weight is 283 g/mol. The highest BCUT2D eigenvalue weighted by molar-refractivity contribution is 4.95. The summed E-state index contributed by atoms with van der Waals surface area (Å²) in [6.45, 7) is 11.4. The molecule has 20 heavy (non-hydrogen) atoms. The van der Waals surface area contributed by atoms with E-state index < -0.39 is 0 Å². The third kappa shape index (κ3) is 4.87. The Balaban J connectivity index is 2.75. The molecule has 1 heterocycles. The molecule has 0 saturated carbocycles. The quantitative estimate of drug-likeness (QED) is 0.794. The van der Waals surface area contributed by atoms with Crippen LogP contribution in [0.15, 0.2) is 4.52 Å². The SMILES string of the molecule is CCCC(OCC)c1noc(CC(NC)C(C)(C)C)n1. The van der Waals surface area contributed by atoms with Crippen LogP contribution < -0.4 is 5.32 Å². The van der Waals surface area contributed by atoms with Crippen molar-refractivity contribution in [1.29, 1.82) is 0 Å². The van der Waals surface area contributed by atoms with Gasteiger partial charge in [-0.15, -0.1) is 0 Å². The van der Waals surface area contributed by atoms with Gasteiger partial charge in [-0.1, -0.05) is 39.3 Å². The summed E-state index contributed by atoms with van der Waals surface area (Å²) in [5.74, 6) is 1.35. The van der Waals surface area contributed by atoms with E-state index in [-0.39, 0.29) is 11.5 Å². The van der Waals surface area contributed by atoms with Gasteiger partial charge >= 0.3 is 0 Å². The van der Waals surface area contributed by atoms with Crippen molar-refractivity contribution in [2.45, 2.75) is 66.0 Å².